The number of carbonyl (C=O) groups is 3. The Bertz CT molecular complexity index is 789. The van der Waals surface area contributed by atoms with E-state index in [1.54, 1.807) is 44.2 Å². The first kappa shape index (κ1) is 19.7. The van der Waals surface area contributed by atoms with Crippen LogP contribution in [0.1, 0.15) is 34.6 Å². The van der Waals surface area contributed by atoms with E-state index in [0.29, 0.717) is 11.1 Å². The van der Waals surface area contributed by atoms with E-state index in [4.69, 9.17) is 0 Å². The van der Waals surface area contributed by atoms with Gasteiger partial charge in [-0.05, 0) is 24.1 Å². The van der Waals surface area contributed by atoms with E-state index in [1.807, 2.05) is 24.3 Å². The van der Waals surface area contributed by atoms with E-state index in [1.165, 1.54) is 11.8 Å². The SMILES string of the molecule is CC(C)C(NC(=O)c1cccc(SCC(=O)c2ccccc2)c1)C(=O)O. The van der Waals surface area contributed by atoms with Crippen molar-refractivity contribution < 1.29 is 19.5 Å². The average molecular weight is 371 g/mol. The third kappa shape index (κ3) is 5.46. The van der Waals surface area contributed by atoms with Gasteiger partial charge in [-0.2, -0.15) is 0 Å². The summed E-state index contributed by atoms with van der Waals surface area (Å²) >= 11 is 1.34. The van der Waals surface area contributed by atoms with E-state index < -0.39 is 17.9 Å². The van der Waals surface area contributed by atoms with Gasteiger partial charge < -0.3 is 10.4 Å². The van der Waals surface area contributed by atoms with Gasteiger partial charge in [-0.25, -0.2) is 4.79 Å². The first-order valence-electron chi connectivity index (χ1n) is 8.23. The Hall–Kier alpha value is -2.60. The molecule has 2 aromatic rings. The van der Waals surface area contributed by atoms with Gasteiger partial charge in [0.05, 0.1) is 5.75 Å². The van der Waals surface area contributed by atoms with Crippen LogP contribution in [-0.2, 0) is 4.79 Å². The number of benzene rings is 2. The predicted octanol–water partition coefficient (Wildman–Crippen LogP) is 3.50. The van der Waals surface area contributed by atoms with Crippen molar-refractivity contribution in [1.29, 1.82) is 0 Å². The molecule has 0 radical (unpaired) electrons. The van der Waals surface area contributed by atoms with Gasteiger partial charge in [0.2, 0.25) is 0 Å². The number of thioether (sulfide) groups is 1. The molecule has 0 saturated heterocycles. The van der Waals surface area contributed by atoms with Crippen molar-refractivity contribution in [2.75, 3.05) is 5.75 Å². The summed E-state index contributed by atoms with van der Waals surface area (Å²) in [7, 11) is 0. The lowest BCUT2D eigenvalue weighted by atomic mass is 10.0. The fourth-order valence-electron chi connectivity index (χ4n) is 2.32. The lowest BCUT2D eigenvalue weighted by Gasteiger charge is -2.18. The second-order valence-corrected chi connectivity index (χ2v) is 7.19. The van der Waals surface area contributed by atoms with Crippen molar-refractivity contribution in [2.45, 2.75) is 24.8 Å². The summed E-state index contributed by atoms with van der Waals surface area (Å²) in [5.74, 6) is -1.46. The monoisotopic (exact) mass is 371 g/mol. The van der Waals surface area contributed by atoms with Gasteiger partial charge >= 0.3 is 5.97 Å². The molecular weight excluding hydrogens is 350 g/mol. The van der Waals surface area contributed by atoms with Crippen molar-refractivity contribution in [3.05, 3.63) is 65.7 Å². The molecule has 5 nitrogen and oxygen atoms in total. The number of nitrogens with one attached hydrogen (secondary N) is 1. The molecule has 0 spiro atoms. The van der Waals surface area contributed by atoms with Crippen LogP contribution in [0.4, 0.5) is 0 Å². The zero-order chi connectivity index (χ0) is 19.1. The minimum absolute atomic E-state index is 0.0104. The average Bonchev–Trinajstić information content (AvgIpc) is 2.64. The Morgan fingerprint density at radius 3 is 2.27 bits per heavy atom. The van der Waals surface area contributed by atoms with Crippen LogP contribution in [-0.4, -0.2) is 34.6 Å². The smallest absolute Gasteiger partial charge is 0.326 e. The summed E-state index contributed by atoms with van der Waals surface area (Å²) in [6.07, 6.45) is 0. The van der Waals surface area contributed by atoms with E-state index in [2.05, 4.69) is 5.32 Å². The van der Waals surface area contributed by atoms with Crippen molar-refractivity contribution in [3.8, 4) is 0 Å². The molecule has 2 aromatic carbocycles. The molecule has 0 heterocycles. The van der Waals surface area contributed by atoms with Crippen molar-refractivity contribution in [3.63, 3.8) is 0 Å². The molecule has 0 aliphatic heterocycles. The Labute approximate surface area is 156 Å². The molecule has 26 heavy (non-hydrogen) atoms. The predicted molar refractivity (Wildman–Crippen MR) is 102 cm³/mol. The van der Waals surface area contributed by atoms with Crippen LogP contribution in [0.2, 0.25) is 0 Å². The number of hydrogen-bond donors (Lipinski definition) is 2. The minimum atomic E-state index is -1.06. The molecular formula is C20H21NO4S. The number of carbonyl (C=O) groups excluding carboxylic acids is 2. The quantitative estimate of drug-likeness (QED) is 0.548. The fourth-order valence-corrected chi connectivity index (χ4v) is 3.17. The van der Waals surface area contributed by atoms with Crippen LogP contribution < -0.4 is 5.32 Å². The molecule has 1 atom stereocenters. The molecule has 0 aliphatic rings. The number of carboxylic acid groups (broad SMARTS) is 1. The number of Topliss-reactive ketones (excluding diaryl/α,β-unsaturated/α-hetero) is 1. The molecule has 0 saturated carbocycles. The maximum atomic E-state index is 12.3. The minimum Gasteiger partial charge on any atom is -0.480 e. The highest BCUT2D eigenvalue weighted by molar-refractivity contribution is 8.00. The van der Waals surface area contributed by atoms with E-state index in [0.717, 1.165) is 4.90 Å². The van der Waals surface area contributed by atoms with E-state index >= 15 is 0 Å². The zero-order valence-electron chi connectivity index (χ0n) is 14.6. The van der Waals surface area contributed by atoms with Gasteiger partial charge in [-0.3, -0.25) is 9.59 Å². The number of carboxylic acids is 1. The van der Waals surface area contributed by atoms with Crippen LogP contribution in [0.3, 0.4) is 0 Å². The Kier molecular flexibility index (Phi) is 6.97. The lowest BCUT2D eigenvalue weighted by molar-refractivity contribution is -0.140. The number of ketones is 1. The molecule has 2 rings (SSSR count). The third-order valence-electron chi connectivity index (χ3n) is 3.78. The van der Waals surface area contributed by atoms with Gasteiger partial charge in [0.15, 0.2) is 5.78 Å². The molecule has 0 aliphatic carbocycles. The molecule has 2 N–H and O–H groups in total. The molecule has 1 unspecified atom stereocenters. The summed E-state index contributed by atoms with van der Waals surface area (Å²) in [5.41, 5.74) is 1.02. The van der Waals surface area contributed by atoms with Gasteiger partial charge in [0.25, 0.3) is 5.91 Å². The van der Waals surface area contributed by atoms with Crippen LogP contribution in [0.25, 0.3) is 0 Å². The third-order valence-corrected chi connectivity index (χ3v) is 4.78. The topological polar surface area (TPSA) is 83.5 Å². The highest BCUT2D eigenvalue weighted by atomic mass is 32.2. The summed E-state index contributed by atoms with van der Waals surface area (Å²) in [6, 6.07) is 14.9. The van der Waals surface area contributed by atoms with Crippen LogP contribution >= 0.6 is 11.8 Å². The normalized spacial score (nSPS) is 11.8. The van der Waals surface area contributed by atoms with E-state index in [9.17, 15) is 19.5 Å². The molecule has 0 bridgehead atoms. The Morgan fingerprint density at radius 2 is 1.65 bits per heavy atom. The maximum absolute atomic E-state index is 12.3. The molecule has 136 valence electrons. The number of rotatable bonds is 8. The highest BCUT2D eigenvalue weighted by Gasteiger charge is 2.24. The molecule has 1 amide bonds. The zero-order valence-corrected chi connectivity index (χ0v) is 15.5. The fraction of sp³-hybridized carbons (Fsp3) is 0.250. The van der Waals surface area contributed by atoms with E-state index in [-0.39, 0.29) is 17.5 Å². The van der Waals surface area contributed by atoms with Crippen molar-refractivity contribution in [2.24, 2.45) is 5.92 Å². The lowest BCUT2D eigenvalue weighted by Crippen LogP contribution is -2.44. The maximum Gasteiger partial charge on any atom is 0.326 e. The summed E-state index contributed by atoms with van der Waals surface area (Å²) < 4.78 is 0. The van der Waals surface area contributed by atoms with Gasteiger partial charge in [0, 0.05) is 16.0 Å². The first-order valence-corrected chi connectivity index (χ1v) is 9.22. The highest BCUT2D eigenvalue weighted by Crippen LogP contribution is 2.21. The second kappa shape index (κ2) is 9.20. The summed E-state index contributed by atoms with van der Waals surface area (Å²) in [5, 5.41) is 11.7. The Balaban J connectivity index is 2.02. The van der Waals surface area contributed by atoms with Crippen molar-refractivity contribution in [1.82, 2.24) is 5.32 Å². The van der Waals surface area contributed by atoms with Crippen molar-refractivity contribution >= 4 is 29.4 Å². The standard InChI is InChI=1S/C20H21NO4S/c1-13(2)18(20(24)25)21-19(23)15-9-6-10-16(11-15)26-12-17(22)14-7-4-3-5-8-14/h3-11,13,18H,12H2,1-2H3,(H,21,23)(H,24,25). The summed E-state index contributed by atoms with van der Waals surface area (Å²) in [6.45, 7) is 3.47. The number of amides is 1. The van der Waals surface area contributed by atoms with Crippen LogP contribution in [0.15, 0.2) is 59.5 Å². The number of hydrogen-bond acceptors (Lipinski definition) is 4. The van der Waals surface area contributed by atoms with Crippen LogP contribution in [0.5, 0.6) is 0 Å². The number of aliphatic carboxylic acids is 1. The van der Waals surface area contributed by atoms with Gasteiger partial charge in [-0.15, -0.1) is 11.8 Å². The largest absolute Gasteiger partial charge is 0.480 e. The Morgan fingerprint density at radius 1 is 1.00 bits per heavy atom. The molecule has 0 aromatic heterocycles. The van der Waals surface area contributed by atoms with Gasteiger partial charge in [0.1, 0.15) is 6.04 Å². The summed E-state index contributed by atoms with van der Waals surface area (Å²) in [4.78, 5) is 36.5. The molecule has 0 fully saturated rings. The van der Waals surface area contributed by atoms with Crippen LogP contribution in [0, 0.1) is 5.92 Å². The molecule has 6 heteroatoms. The first-order chi connectivity index (χ1) is 12.4. The van der Waals surface area contributed by atoms with Gasteiger partial charge in [-0.1, -0.05) is 50.2 Å². The second-order valence-electron chi connectivity index (χ2n) is 6.14.